The summed E-state index contributed by atoms with van der Waals surface area (Å²) < 4.78 is 10.6. The van der Waals surface area contributed by atoms with Crippen LogP contribution >= 0.6 is 11.3 Å². The molecule has 0 unspecified atom stereocenters. The van der Waals surface area contributed by atoms with Crippen molar-refractivity contribution in [3.8, 4) is 11.3 Å². The van der Waals surface area contributed by atoms with Crippen LogP contribution in [0.15, 0.2) is 66.0 Å². The first-order valence-corrected chi connectivity index (χ1v) is 18.1. The van der Waals surface area contributed by atoms with E-state index in [1.807, 2.05) is 107 Å². The van der Waals surface area contributed by atoms with E-state index in [1.54, 1.807) is 31.0 Å². The molecule has 3 heterocycles. The lowest BCUT2D eigenvalue weighted by molar-refractivity contribution is -0.129. The van der Waals surface area contributed by atoms with Gasteiger partial charge in [0.25, 0.3) is 5.91 Å². The number of carbonyl (C=O) groups excluding carboxylic acids is 3. The van der Waals surface area contributed by atoms with Gasteiger partial charge in [-0.15, -0.1) is 11.3 Å². The minimum absolute atomic E-state index is 0.139. The molecule has 0 radical (unpaired) electrons. The van der Waals surface area contributed by atoms with Crippen LogP contribution < -0.4 is 5.32 Å². The van der Waals surface area contributed by atoms with Crippen molar-refractivity contribution in [2.75, 3.05) is 38.7 Å². The lowest BCUT2D eigenvalue weighted by Crippen LogP contribution is -2.43. The molecule has 3 amide bonds. The van der Waals surface area contributed by atoms with Crippen molar-refractivity contribution in [3.63, 3.8) is 0 Å². The Morgan fingerprint density at radius 2 is 1.44 bits per heavy atom. The van der Waals surface area contributed by atoms with Crippen LogP contribution in [0.2, 0.25) is 0 Å². The Morgan fingerprint density at radius 3 is 1.94 bits per heavy atom. The van der Waals surface area contributed by atoms with Crippen molar-refractivity contribution in [1.29, 1.82) is 0 Å². The predicted molar refractivity (Wildman–Crippen MR) is 199 cm³/mol. The SMILES string of the molecule is CC.CC.CC(=O)N1CCCCC1.CN(C(=O)OC(C)(C)C)C1CCOCC1.O=C(Nc1nc(-c2ccccc2)cs1)c1ccccc1. The number of benzene rings is 2. The first-order chi connectivity index (χ1) is 23.0. The smallest absolute Gasteiger partial charge is 0.410 e. The summed E-state index contributed by atoms with van der Waals surface area (Å²) in [6.07, 6.45) is 5.24. The summed E-state index contributed by atoms with van der Waals surface area (Å²) in [5, 5.41) is 5.37. The van der Waals surface area contributed by atoms with Crippen molar-refractivity contribution < 1.29 is 23.9 Å². The van der Waals surface area contributed by atoms with E-state index < -0.39 is 5.60 Å². The van der Waals surface area contributed by atoms with Crippen molar-refractivity contribution in [1.82, 2.24) is 14.8 Å². The fourth-order valence-electron chi connectivity index (χ4n) is 4.60. The molecule has 9 nitrogen and oxygen atoms in total. The summed E-state index contributed by atoms with van der Waals surface area (Å²) in [6, 6.07) is 19.3. The van der Waals surface area contributed by atoms with E-state index in [2.05, 4.69) is 10.3 Å². The first kappa shape index (κ1) is 42.3. The topological polar surface area (TPSA) is 101 Å². The molecule has 48 heavy (non-hydrogen) atoms. The number of carbonyl (C=O) groups is 3. The van der Waals surface area contributed by atoms with Crippen LogP contribution in [0.5, 0.6) is 0 Å². The molecule has 0 spiro atoms. The molecule has 2 aliphatic rings. The monoisotopic (exact) mass is 682 g/mol. The molecule has 10 heteroatoms. The number of anilines is 1. The van der Waals surface area contributed by atoms with Crippen LogP contribution in [0.4, 0.5) is 9.93 Å². The number of hydrogen-bond acceptors (Lipinski definition) is 7. The summed E-state index contributed by atoms with van der Waals surface area (Å²) >= 11 is 1.42. The maximum atomic E-state index is 12.0. The lowest BCUT2D eigenvalue weighted by Gasteiger charge is -2.32. The Morgan fingerprint density at radius 1 is 0.896 bits per heavy atom. The third-order valence-electron chi connectivity index (χ3n) is 7.05. The van der Waals surface area contributed by atoms with Crippen molar-refractivity contribution in [2.24, 2.45) is 0 Å². The number of nitrogens with one attached hydrogen (secondary N) is 1. The van der Waals surface area contributed by atoms with Gasteiger partial charge in [-0.3, -0.25) is 14.9 Å². The molecule has 2 aromatic carbocycles. The molecular weight excluding hydrogens is 625 g/mol. The van der Waals surface area contributed by atoms with Crippen LogP contribution in [0.3, 0.4) is 0 Å². The summed E-state index contributed by atoms with van der Waals surface area (Å²) in [5.74, 6) is 0.0919. The molecule has 2 saturated heterocycles. The van der Waals surface area contributed by atoms with Gasteiger partial charge in [0, 0.05) is 62.8 Å². The average molecular weight is 683 g/mol. The highest BCUT2D eigenvalue weighted by Gasteiger charge is 2.26. The van der Waals surface area contributed by atoms with E-state index in [-0.39, 0.29) is 23.9 Å². The number of piperidine rings is 1. The number of ether oxygens (including phenoxy) is 2. The first-order valence-electron chi connectivity index (χ1n) is 17.2. The van der Waals surface area contributed by atoms with Crippen LogP contribution in [0.1, 0.15) is 97.9 Å². The normalized spacial score (nSPS) is 14.1. The predicted octanol–water partition coefficient (Wildman–Crippen LogP) is 9.17. The van der Waals surface area contributed by atoms with Gasteiger partial charge in [-0.2, -0.15) is 0 Å². The van der Waals surface area contributed by atoms with Gasteiger partial charge < -0.3 is 19.3 Å². The van der Waals surface area contributed by atoms with Gasteiger partial charge in [-0.1, -0.05) is 76.2 Å². The second kappa shape index (κ2) is 23.5. The third-order valence-corrected chi connectivity index (χ3v) is 7.81. The Labute approximate surface area is 293 Å². The van der Waals surface area contributed by atoms with Gasteiger partial charge in [0.1, 0.15) is 5.60 Å². The largest absolute Gasteiger partial charge is 0.444 e. The summed E-state index contributed by atoms with van der Waals surface area (Å²) in [6.45, 7) is 18.7. The van der Waals surface area contributed by atoms with Gasteiger partial charge >= 0.3 is 6.09 Å². The third kappa shape index (κ3) is 16.4. The zero-order valence-corrected chi connectivity index (χ0v) is 31.4. The minimum atomic E-state index is -0.420. The molecule has 1 aromatic heterocycles. The van der Waals surface area contributed by atoms with E-state index in [0.717, 1.165) is 50.4 Å². The molecule has 1 N–H and O–H groups in total. The molecule has 0 bridgehead atoms. The fraction of sp³-hybridized carbons (Fsp3) is 0.526. The molecule has 2 aliphatic heterocycles. The molecule has 0 aliphatic carbocycles. The quantitative estimate of drug-likeness (QED) is 0.295. The van der Waals surface area contributed by atoms with Crippen LogP contribution in [0, 0.1) is 0 Å². The molecule has 0 saturated carbocycles. The van der Waals surface area contributed by atoms with Gasteiger partial charge in [-0.05, 0) is 65.0 Å². The van der Waals surface area contributed by atoms with Crippen molar-refractivity contribution in [2.45, 2.75) is 99.1 Å². The fourth-order valence-corrected chi connectivity index (χ4v) is 5.31. The van der Waals surface area contributed by atoms with Crippen LogP contribution in [-0.4, -0.2) is 77.7 Å². The Bertz CT molecular complexity index is 1300. The van der Waals surface area contributed by atoms with E-state index in [4.69, 9.17) is 9.47 Å². The zero-order valence-electron chi connectivity index (χ0n) is 30.6. The second-order valence-electron chi connectivity index (χ2n) is 11.7. The Balaban J connectivity index is 0.000000363. The number of thiazole rings is 1. The van der Waals surface area contributed by atoms with Crippen LogP contribution in [-0.2, 0) is 14.3 Å². The van der Waals surface area contributed by atoms with E-state index in [1.165, 1.54) is 30.6 Å². The highest BCUT2D eigenvalue weighted by Crippen LogP contribution is 2.25. The van der Waals surface area contributed by atoms with Crippen molar-refractivity contribution >= 4 is 34.4 Å². The van der Waals surface area contributed by atoms with Gasteiger partial charge in [0.05, 0.1) is 5.69 Å². The number of aromatic nitrogens is 1. The van der Waals surface area contributed by atoms with Crippen LogP contribution in [0.25, 0.3) is 11.3 Å². The van der Waals surface area contributed by atoms with Gasteiger partial charge in [0.15, 0.2) is 5.13 Å². The minimum Gasteiger partial charge on any atom is -0.444 e. The number of nitrogens with zero attached hydrogens (tertiary/aromatic N) is 3. The average Bonchev–Trinajstić information content (AvgIpc) is 3.59. The molecule has 2 fully saturated rings. The van der Waals surface area contributed by atoms with Gasteiger partial charge in [0.2, 0.25) is 5.91 Å². The van der Waals surface area contributed by atoms with Gasteiger partial charge in [-0.25, -0.2) is 9.78 Å². The Kier molecular flexibility index (Phi) is 20.7. The molecule has 3 aromatic rings. The number of rotatable bonds is 4. The number of hydrogen-bond donors (Lipinski definition) is 1. The number of amides is 3. The summed E-state index contributed by atoms with van der Waals surface area (Å²) in [4.78, 5) is 42.5. The zero-order chi connectivity index (χ0) is 36.0. The molecule has 5 rings (SSSR count). The van der Waals surface area contributed by atoms with E-state index in [0.29, 0.717) is 10.7 Å². The summed E-state index contributed by atoms with van der Waals surface area (Å²) in [7, 11) is 1.80. The molecule has 266 valence electrons. The lowest BCUT2D eigenvalue weighted by atomic mass is 10.1. The summed E-state index contributed by atoms with van der Waals surface area (Å²) in [5.41, 5.74) is 2.13. The van der Waals surface area contributed by atoms with E-state index >= 15 is 0 Å². The van der Waals surface area contributed by atoms with E-state index in [9.17, 15) is 14.4 Å². The highest BCUT2D eigenvalue weighted by molar-refractivity contribution is 7.14. The molecule has 0 atom stereocenters. The Hall–Kier alpha value is -3.76. The molecular formula is C38H58N4O5S. The standard InChI is InChI=1S/C16H12N2OS.C11H21NO3.C7H13NO.2C2H6/c19-15(13-9-5-2-6-10-13)18-16-17-14(11-20-16)12-7-3-1-4-8-12;1-11(2,3)15-10(13)12(4)9-5-7-14-8-6-9;1-7(9)8-5-3-2-4-6-8;2*1-2/h1-11H,(H,17,18,19);9H,5-8H2,1-4H3;2-6H2,1H3;2*1-2H3. The highest BCUT2D eigenvalue weighted by atomic mass is 32.1. The second-order valence-corrected chi connectivity index (χ2v) is 12.6. The maximum Gasteiger partial charge on any atom is 0.410 e. The van der Waals surface area contributed by atoms with Crippen molar-refractivity contribution in [3.05, 3.63) is 71.6 Å². The maximum absolute atomic E-state index is 12.0. The number of likely N-dealkylation sites (tertiary alicyclic amines) is 1.